The molecule has 1 fully saturated rings. The molecule has 3 atom stereocenters. The molecular formula is C57H49N. The van der Waals surface area contributed by atoms with Crippen LogP contribution < -0.4 is 4.90 Å². The Hall–Kier alpha value is -6.44. The van der Waals surface area contributed by atoms with Crippen molar-refractivity contribution in [1.29, 1.82) is 0 Å². The first-order chi connectivity index (χ1) is 28.6. The molecule has 0 radical (unpaired) electrons. The number of hydrogen-bond donors (Lipinski definition) is 0. The third kappa shape index (κ3) is 6.36. The molecule has 0 aliphatic heterocycles. The second kappa shape index (κ2) is 15.1. The van der Waals surface area contributed by atoms with Crippen molar-refractivity contribution >= 4 is 11.4 Å². The predicted octanol–water partition coefficient (Wildman–Crippen LogP) is 14.7. The molecule has 58 heavy (non-hydrogen) atoms. The van der Waals surface area contributed by atoms with Gasteiger partial charge in [0.05, 0.1) is 0 Å². The molecule has 10 rings (SSSR count). The lowest BCUT2D eigenvalue weighted by Crippen LogP contribution is -2.44. The Morgan fingerprint density at radius 2 is 0.828 bits per heavy atom. The fourth-order valence-electron chi connectivity index (χ4n) is 10.5. The smallest absolute Gasteiger partial charge is 0.0489 e. The van der Waals surface area contributed by atoms with Gasteiger partial charge in [-0.15, -0.1) is 0 Å². The van der Waals surface area contributed by atoms with Crippen molar-refractivity contribution in [1.82, 2.24) is 0 Å². The fraction of sp³-hybridized carbons (Fsp3) is 0.158. The standard InChI is InChI=1S/C57H49N/c1-40-18-27-48(28-19-40)57(49-29-20-41(2)21-30-49)55-38-47(44-16-10-5-11-17-44)26-36-53(55)54-37-35-52(39-56(54)57)58(50-31-22-45(23-32-50)42-12-6-3-7-13-42)51-33-24-46(25-34-51)43-14-8-4-9-15-43/h3-34,36,38,52,54,56H,35,37,39H2,1-2H3. The highest BCUT2D eigenvalue weighted by Gasteiger charge is 2.56. The van der Waals surface area contributed by atoms with E-state index in [1.54, 1.807) is 0 Å². The summed E-state index contributed by atoms with van der Waals surface area (Å²) in [6.07, 6.45) is 3.30. The first-order valence-electron chi connectivity index (χ1n) is 21.0. The number of nitrogens with zero attached hydrogens (tertiary/aromatic N) is 1. The molecule has 3 unspecified atom stereocenters. The average Bonchev–Trinajstić information content (AvgIpc) is 3.58. The summed E-state index contributed by atoms with van der Waals surface area (Å²) < 4.78 is 0. The van der Waals surface area contributed by atoms with Gasteiger partial charge >= 0.3 is 0 Å². The zero-order valence-corrected chi connectivity index (χ0v) is 33.4. The molecule has 0 N–H and O–H groups in total. The Morgan fingerprint density at radius 3 is 1.29 bits per heavy atom. The van der Waals surface area contributed by atoms with E-state index in [4.69, 9.17) is 0 Å². The molecule has 0 spiro atoms. The average molecular weight is 748 g/mol. The third-order valence-electron chi connectivity index (χ3n) is 13.2. The SMILES string of the molecule is Cc1ccc(C2(c3ccc(C)cc3)c3cc(-c4ccccc4)ccc3C3CCC(N(c4ccc(-c5ccccc5)cc4)c4ccc(-c5ccccc5)cc4)CC32)cc1. The van der Waals surface area contributed by atoms with Crippen molar-refractivity contribution in [3.63, 3.8) is 0 Å². The van der Waals surface area contributed by atoms with Crippen molar-refractivity contribution in [2.75, 3.05) is 4.90 Å². The van der Waals surface area contributed by atoms with Crippen LogP contribution in [-0.4, -0.2) is 6.04 Å². The summed E-state index contributed by atoms with van der Waals surface area (Å²) in [6.45, 7) is 4.42. The Morgan fingerprint density at radius 1 is 0.414 bits per heavy atom. The molecule has 0 saturated heterocycles. The van der Waals surface area contributed by atoms with Crippen LogP contribution in [0.5, 0.6) is 0 Å². The molecule has 282 valence electrons. The highest BCUT2D eigenvalue weighted by molar-refractivity contribution is 5.74. The topological polar surface area (TPSA) is 3.24 Å². The number of hydrogen-bond acceptors (Lipinski definition) is 1. The van der Waals surface area contributed by atoms with Crippen LogP contribution in [0.15, 0.2) is 206 Å². The van der Waals surface area contributed by atoms with Crippen LogP contribution >= 0.6 is 0 Å². The second-order valence-electron chi connectivity index (χ2n) is 16.6. The van der Waals surface area contributed by atoms with Gasteiger partial charge in [0.2, 0.25) is 0 Å². The fourth-order valence-corrected chi connectivity index (χ4v) is 10.5. The number of aryl methyl sites for hydroxylation is 2. The summed E-state index contributed by atoms with van der Waals surface area (Å²) in [4.78, 5) is 2.67. The molecule has 1 saturated carbocycles. The minimum atomic E-state index is -0.315. The molecule has 8 aromatic rings. The quantitative estimate of drug-likeness (QED) is 0.150. The normalized spacial score (nSPS) is 17.9. The van der Waals surface area contributed by atoms with Gasteiger partial charge in [-0.25, -0.2) is 0 Å². The van der Waals surface area contributed by atoms with Crippen molar-refractivity contribution in [2.45, 2.75) is 50.5 Å². The maximum Gasteiger partial charge on any atom is 0.0489 e. The van der Waals surface area contributed by atoms with Crippen molar-refractivity contribution in [3.8, 4) is 33.4 Å². The third-order valence-corrected chi connectivity index (χ3v) is 13.2. The molecule has 2 aliphatic rings. The first-order valence-corrected chi connectivity index (χ1v) is 21.0. The maximum atomic E-state index is 2.67. The number of benzene rings is 8. The van der Waals surface area contributed by atoms with E-state index in [0.29, 0.717) is 17.9 Å². The molecule has 2 aliphatic carbocycles. The van der Waals surface area contributed by atoms with Crippen LogP contribution in [0.25, 0.3) is 33.4 Å². The van der Waals surface area contributed by atoms with Crippen molar-refractivity contribution in [3.05, 3.63) is 240 Å². The Bertz CT molecular complexity index is 2500. The summed E-state index contributed by atoms with van der Waals surface area (Å²) in [5.41, 5.74) is 18.1. The van der Waals surface area contributed by atoms with Crippen LogP contribution in [0.4, 0.5) is 11.4 Å². The zero-order valence-electron chi connectivity index (χ0n) is 33.4. The molecule has 8 aromatic carbocycles. The molecule has 1 heteroatoms. The van der Waals surface area contributed by atoms with Crippen LogP contribution in [0.1, 0.15) is 58.6 Å². The van der Waals surface area contributed by atoms with E-state index in [1.165, 1.54) is 78.1 Å². The van der Waals surface area contributed by atoms with Gasteiger partial charge in [-0.1, -0.05) is 187 Å². The Labute approximate surface area is 344 Å². The van der Waals surface area contributed by atoms with Gasteiger partial charge in [-0.05, 0) is 131 Å². The largest absolute Gasteiger partial charge is 0.338 e. The van der Waals surface area contributed by atoms with E-state index in [-0.39, 0.29) is 5.41 Å². The van der Waals surface area contributed by atoms with Crippen LogP contribution in [0.3, 0.4) is 0 Å². The van der Waals surface area contributed by atoms with Crippen molar-refractivity contribution in [2.24, 2.45) is 5.92 Å². The highest BCUT2D eigenvalue weighted by atomic mass is 15.2. The number of rotatable bonds is 8. The van der Waals surface area contributed by atoms with Gasteiger partial charge in [0.15, 0.2) is 0 Å². The Kier molecular flexibility index (Phi) is 9.38. The minimum absolute atomic E-state index is 0.296. The summed E-state index contributed by atoms with van der Waals surface area (Å²) in [5.74, 6) is 0.800. The monoisotopic (exact) mass is 747 g/mol. The number of fused-ring (bicyclic) bond motifs is 3. The molecule has 0 aromatic heterocycles. The molecule has 0 heterocycles. The lowest BCUT2D eigenvalue weighted by atomic mass is 9.60. The van der Waals surface area contributed by atoms with Crippen LogP contribution in [0, 0.1) is 19.8 Å². The minimum Gasteiger partial charge on any atom is -0.338 e. The summed E-state index contributed by atoms with van der Waals surface area (Å²) >= 11 is 0. The molecule has 1 nitrogen and oxygen atoms in total. The van der Waals surface area contributed by atoms with E-state index < -0.39 is 0 Å². The Balaban J connectivity index is 1.13. The summed E-state index contributed by atoms with van der Waals surface area (Å²) in [6, 6.07) is 77.8. The van der Waals surface area contributed by atoms with Gasteiger partial charge in [0.1, 0.15) is 0 Å². The van der Waals surface area contributed by atoms with E-state index in [2.05, 4.69) is 225 Å². The van der Waals surface area contributed by atoms with E-state index >= 15 is 0 Å². The first kappa shape index (κ1) is 35.9. The van der Waals surface area contributed by atoms with Crippen molar-refractivity contribution < 1.29 is 0 Å². The van der Waals surface area contributed by atoms with E-state index in [0.717, 1.165) is 19.3 Å². The van der Waals surface area contributed by atoms with E-state index in [1.807, 2.05) is 0 Å². The highest BCUT2D eigenvalue weighted by Crippen LogP contribution is 2.63. The molecule has 0 amide bonds. The van der Waals surface area contributed by atoms with Gasteiger partial charge in [0.25, 0.3) is 0 Å². The summed E-state index contributed by atoms with van der Waals surface area (Å²) in [5, 5.41) is 0. The lowest BCUT2D eigenvalue weighted by Gasteiger charge is -2.47. The van der Waals surface area contributed by atoms with Gasteiger partial charge in [-0.3, -0.25) is 0 Å². The maximum absolute atomic E-state index is 2.67. The number of anilines is 2. The van der Waals surface area contributed by atoms with Gasteiger partial charge in [0, 0.05) is 22.8 Å². The van der Waals surface area contributed by atoms with Crippen LogP contribution in [0.2, 0.25) is 0 Å². The van der Waals surface area contributed by atoms with Crippen LogP contribution in [-0.2, 0) is 5.41 Å². The molecular weight excluding hydrogens is 699 g/mol. The predicted molar refractivity (Wildman–Crippen MR) is 244 cm³/mol. The second-order valence-corrected chi connectivity index (χ2v) is 16.6. The van der Waals surface area contributed by atoms with Gasteiger partial charge in [-0.2, -0.15) is 0 Å². The lowest BCUT2D eigenvalue weighted by molar-refractivity contribution is 0.239. The van der Waals surface area contributed by atoms with E-state index in [9.17, 15) is 0 Å². The summed E-state index contributed by atoms with van der Waals surface area (Å²) in [7, 11) is 0. The molecule has 0 bridgehead atoms. The van der Waals surface area contributed by atoms with Gasteiger partial charge < -0.3 is 4.90 Å². The zero-order chi connectivity index (χ0) is 39.1.